The van der Waals surface area contributed by atoms with Crippen LogP contribution < -0.4 is 5.32 Å². The average molecular weight is 251 g/mol. The van der Waals surface area contributed by atoms with Crippen molar-refractivity contribution in [3.05, 3.63) is 78.0 Å². The van der Waals surface area contributed by atoms with E-state index in [1.807, 2.05) is 0 Å². The van der Waals surface area contributed by atoms with Crippen LogP contribution in [0.15, 0.2) is 66.9 Å². The Hall–Kier alpha value is -2.02. The molecule has 0 bridgehead atoms. The number of benzene rings is 2. The second kappa shape index (κ2) is 6.79. The molecule has 0 spiro atoms. The van der Waals surface area contributed by atoms with E-state index in [1.54, 1.807) is 0 Å². The summed E-state index contributed by atoms with van der Waals surface area (Å²) < 4.78 is 0. The second-order valence-electron chi connectivity index (χ2n) is 4.94. The third-order valence-electron chi connectivity index (χ3n) is 3.13. The Morgan fingerprint density at radius 1 is 1.05 bits per heavy atom. The van der Waals surface area contributed by atoms with Crippen molar-refractivity contribution >= 4 is 5.69 Å². The Kier molecular flexibility index (Phi) is 4.79. The summed E-state index contributed by atoms with van der Waals surface area (Å²) in [7, 11) is 0. The number of anilines is 1. The molecule has 0 saturated heterocycles. The van der Waals surface area contributed by atoms with Crippen LogP contribution in [0.4, 0.5) is 5.69 Å². The highest BCUT2D eigenvalue weighted by Crippen LogP contribution is 2.15. The van der Waals surface area contributed by atoms with Gasteiger partial charge in [-0.1, -0.05) is 49.0 Å². The minimum Gasteiger partial charge on any atom is -0.359 e. The monoisotopic (exact) mass is 251 g/mol. The molecule has 0 aromatic heterocycles. The van der Waals surface area contributed by atoms with Gasteiger partial charge in [-0.05, 0) is 49.4 Å². The van der Waals surface area contributed by atoms with Gasteiger partial charge in [0.25, 0.3) is 0 Å². The summed E-state index contributed by atoms with van der Waals surface area (Å²) in [6.07, 6.45) is 3.24. The zero-order valence-corrected chi connectivity index (χ0v) is 11.5. The summed E-state index contributed by atoms with van der Waals surface area (Å²) in [6.45, 7) is 6.20. The molecule has 2 rings (SSSR count). The van der Waals surface area contributed by atoms with E-state index in [0.29, 0.717) is 0 Å². The largest absolute Gasteiger partial charge is 0.359 e. The van der Waals surface area contributed by atoms with Crippen molar-refractivity contribution in [2.45, 2.75) is 26.2 Å². The number of rotatable bonds is 6. The van der Waals surface area contributed by atoms with E-state index < -0.39 is 0 Å². The lowest BCUT2D eigenvalue weighted by atomic mass is 10.1. The maximum absolute atomic E-state index is 4.10. The van der Waals surface area contributed by atoms with Crippen molar-refractivity contribution in [3.63, 3.8) is 0 Å². The van der Waals surface area contributed by atoms with Crippen LogP contribution in [-0.2, 0) is 6.42 Å². The van der Waals surface area contributed by atoms with Crippen molar-refractivity contribution < 1.29 is 0 Å². The summed E-state index contributed by atoms with van der Waals surface area (Å²) in [5.41, 5.74) is 4.87. The van der Waals surface area contributed by atoms with Crippen LogP contribution in [0.1, 0.15) is 24.0 Å². The summed E-state index contributed by atoms with van der Waals surface area (Å²) >= 11 is 0. The van der Waals surface area contributed by atoms with Crippen LogP contribution >= 0.6 is 0 Å². The van der Waals surface area contributed by atoms with Gasteiger partial charge in [0.05, 0.1) is 0 Å². The standard InChI is InChI=1S/C18H21N/c1-15-8-6-13-18(14-15)19-16(2)9-7-12-17-10-4-3-5-11-17/h3-6,8,10-11,13-14,19H,2,7,9,12H2,1H3. The molecule has 2 aromatic rings. The highest BCUT2D eigenvalue weighted by atomic mass is 14.9. The van der Waals surface area contributed by atoms with E-state index in [4.69, 9.17) is 0 Å². The van der Waals surface area contributed by atoms with Crippen molar-refractivity contribution in [2.75, 3.05) is 5.32 Å². The first kappa shape index (κ1) is 13.4. The fourth-order valence-electron chi connectivity index (χ4n) is 2.14. The highest BCUT2D eigenvalue weighted by molar-refractivity contribution is 5.49. The third kappa shape index (κ3) is 4.63. The fraction of sp³-hybridized carbons (Fsp3) is 0.222. The Balaban J connectivity index is 1.76. The van der Waals surface area contributed by atoms with Crippen LogP contribution in [0.5, 0.6) is 0 Å². The second-order valence-corrected chi connectivity index (χ2v) is 4.94. The molecular weight excluding hydrogens is 230 g/mol. The van der Waals surface area contributed by atoms with Gasteiger partial charge >= 0.3 is 0 Å². The highest BCUT2D eigenvalue weighted by Gasteiger charge is 1.98. The zero-order valence-electron chi connectivity index (χ0n) is 11.5. The lowest BCUT2D eigenvalue weighted by Gasteiger charge is -2.10. The predicted molar refractivity (Wildman–Crippen MR) is 83.3 cm³/mol. The first-order valence-corrected chi connectivity index (χ1v) is 6.79. The third-order valence-corrected chi connectivity index (χ3v) is 3.13. The average Bonchev–Trinajstić information content (AvgIpc) is 2.40. The molecule has 98 valence electrons. The number of aryl methyl sites for hydroxylation is 2. The number of hydrogen-bond donors (Lipinski definition) is 1. The molecule has 1 nitrogen and oxygen atoms in total. The van der Waals surface area contributed by atoms with E-state index in [0.717, 1.165) is 30.6 Å². The Bertz CT molecular complexity index is 528. The van der Waals surface area contributed by atoms with Crippen molar-refractivity contribution in [2.24, 2.45) is 0 Å². The molecule has 0 radical (unpaired) electrons. The summed E-state index contributed by atoms with van der Waals surface area (Å²) in [5, 5.41) is 3.37. The summed E-state index contributed by atoms with van der Waals surface area (Å²) in [5.74, 6) is 0. The molecule has 19 heavy (non-hydrogen) atoms. The first-order valence-electron chi connectivity index (χ1n) is 6.79. The number of hydrogen-bond acceptors (Lipinski definition) is 1. The quantitative estimate of drug-likeness (QED) is 0.766. The van der Waals surface area contributed by atoms with E-state index in [2.05, 4.69) is 73.4 Å². The predicted octanol–water partition coefficient (Wildman–Crippen LogP) is 4.94. The lowest BCUT2D eigenvalue weighted by Crippen LogP contribution is -1.99. The number of allylic oxidation sites excluding steroid dienone is 1. The Labute approximate surface area is 116 Å². The minimum atomic E-state index is 1.00. The van der Waals surface area contributed by atoms with E-state index in [1.165, 1.54) is 11.1 Å². The normalized spacial score (nSPS) is 10.2. The number of nitrogens with one attached hydrogen (secondary N) is 1. The Morgan fingerprint density at radius 2 is 1.84 bits per heavy atom. The molecule has 0 fully saturated rings. The Morgan fingerprint density at radius 3 is 2.58 bits per heavy atom. The van der Waals surface area contributed by atoms with Crippen LogP contribution in [-0.4, -0.2) is 0 Å². The zero-order chi connectivity index (χ0) is 13.5. The first-order chi connectivity index (χ1) is 9.24. The molecule has 2 aromatic carbocycles. The van der Waals surface area contributed by atoms with Crippen LogP contribution in [0.25, 0.3) is 0 Å². The molecular formula is C18H21N. The smallest absolute Gasteiger partial charge is 0.0384 e. The molecule has 0 atom stereocenters. The molecule has 0 heterocycles. The van der Waals surface area contributed by atoms with Gasteiger partial charge in [-0.15, -0.1) is 0 Å². The lowest BCUT2D eigenvalue weighted by molar-refractivity contribution is 0.816. The van der Waals surface area contributed by atoms with E-state index in [-0.39, 0.29) is 0 Å². The molecule has 0 unspecified atom stereocenters. The van der Waals surface area contributed by atoms with E-state index >= 15 is 0 Å². The molecule has 0 aliphatic heterocycles. The molecule has 1 N–H and O–H groups in total. The van der Waals surface area contributed by atoms with E-state index in [9.17, 15) is 0 Å². The maximum atomic E-state index is 4.10. The minimum absolute atomic E-state index is 1.00. The SMILES string of the molecule is C=C(CCCc1ccccc1)Nc1cccc(C)c1. The van der Waals surface area contributed by atoms with Crippen LogP contribution in [0.3, 0.4) is 0 Å². The maximum Gasteiger partial charge on any atom is 0.0384 e. The van der Waals surface area contributed by atoms with Gasteiger partial charge in [0, 0.05) is 11.4 Å². The van der Waals surface area contributed by atoms with Gasteiger partial charge in [-0.25, -0.2) is 0 Å². The van der Waals surface area contributed by atoms with Gasteiger partial charge in [0.15, 0.2) is 0 Å². The fourth-order valence-corrected chi connectivity index (χ4v) is 2.14. The molecule has 0 saturated carbocycles. The van der Waals surface area contributed by atoms with Crippen molar-refractivity contribution in [1.29, 1.82) is 0 Å². The van der Waals surface area contributed by atoms with Crippen molar-refractivity contribution in [3.8, 4) is 0 Å². The van der Waals surface area contributed by atoms with Gasteiger partial charge in [-0.2, -0.15) is 0 Å². The van der Waals surface area contributed by atoms with Gasteiger partial charge in [0.1, 0.15) is 0 Å². The molecule has 0 amide bonds. The summed E-state index contributed by atoms with van der Waals surface area (Å²) in [4.78, 5) is 0. The molecule has 0 aliphatic rings. The van der Waals surface area contributed by atoms with Gasteiger partial charge < -0.3 is 5.32 Å². The topological polar surface area (TPSA) is 12.0 Å². The summed E-state index contributed by atoms with van der Waals surface area (Å²) in [6, 6.07) is 19.0. The van der Waals surface area contributed by atoms with Gasteiger partial charge in [-0.3, -0.25) is 0 Å². The van der Waals surface area contributed by atoms with Gasteiger partial charge in [0.2, 0.25) is 0 Å². The molecule has 1 heteroatoms. The van der Waals surface area contributed by atoms with Crippen molar-refractivity contribution in [1.82, 2.24) is 0 Å². The molecule has 0 aliphatic carbocycles. The van der Waals surface area contributed by atoms with Crippen LogP contribution in [0, 0.1) is 6.92 Å². The van der Waals surface area contributed by atoms with Crippen LogP contribution in [0.2, 0.25) is 0 Å².